The molecule has 1 N–H and O–H groups in total. The summed E-state index contributed by atoms with van der Waals surface area (Å²) in [5, 5.41) is 10.7. The van der Waals surface area contributed by atoms with Crippen LogP contribution in [-0.4, -0.2) is 69.1 Å². The minimum absolute atomic E-state index is 0.203. The summed E-state index contributed by atoms with van der Waals surface area (Å²) in [5.74, 6) is -2.18. The second-order valence-electron chi connectivity index (χ2n) is 11.7. The predicted molar refractivity (Wildman–Crippen MR) is 162 cm³/mol. The number of carbonyl (C=O) groups excluding carboxylic acids is 3. The summed E-state index contributed by atoms with van der Waals surface area (Å²) in [4.78, 5) is 46.4. The minimum Gasteiger partial charge on any atom is -0.466 e. The van der Waals surface area contributed by atoms with Gasteiger partial charge in [-0.2, -0.15) is 0 Å². The zero-order valence-corrected chi connectivity index (χ0v) is 25.2. The molecule has 7 nitrogen and oxygen atoms in total. The highest BCUT2D eigenvalue weighted by molar-refractivity contribution is 8.02. The Balaban J connectivity index is 1.66. The second-order valence-corrected chi connectivity index (χ2v) is 13.6. The molecule has 3 heterocycles. The van der Waals surface area contributed by atoms with E-state index in [4.69, 9.17) is 4.74 Å². The lowest BCUT2D eigenvalue weighted by molar-refractivity contribution is -0.155. The van der Waals surface area contributed by atoms with Crippen LogP contribution in [0.2, 0.25) is 0 Å². The van der Waals surface area contributed by atoms with Crippen LogP contribution in [0.3, 0.4) is 0 Å². The molecule has 1 spiro atoms. The lowest BCUT2D eigenvalue weighted by Gasteiger charge is -2.40. The monoisotopic (exact) mass is 576 g/mol. The maximum atomic E-state index is 15.0. The quantitative estimate of drug-likeness (QED) is 0.332. The molecular weight excluding hydrogens is 536 g/mol. The van der Waals surface area contributed by atoms with Gasteiger partial charge in [-0.05, 0) is 63.6 Å². The molecule has 3 saturated heterocycles. The molecule has 2 aromatic carbocycles. The smallest absolute Gasteiger partial charge is 0.311 e. The largest absolute Gasteiger partial charge is 0.466 e. The number of para-hydroxylation sites is 1. The Morgan fingerprint density at radius 3 is 2.46 bits per heavy atom. The molecule has 3 fully saturated rings. The number of esters is 1. The van der Waals surface area contributed by atoms with Crippen molar-refractivity contribution in [1.82, 2.24) is 4.90 Å². The van der Waals surface area contributed by atoms with Crippen molar-refractivity contribution in [1.29, 1.82) is 0 Å². The Bertz CT molecular complexity index is 1330. The number of likely N-dealkylation sites (tertiary alicyclic amines) is 1. The Morgan fingerprint density at radius 1 is 1.17 bits per heavy atom. The summed E-state index contributed by atoms with van der Waals surface area (Å²) in [6.45, 7) is 11.9. The number of thioether (sulfide) groups is 1. The van der Waals surface area contributed by atoms with Gasteiger partial charge in [0.05, 0.1) is 35.8 Å². The van der Waals surface area contributed by atoms with Gasteiger partial charge in [-0.3, -0.25) is 14.4 Å². The van der Waals surface area contributed by atoms with Crippen LogP contribution in [0.25, 0.3) is 0 Å². The van der Waals surface area contributed by atoms with Gasteiger partial charge in [0.1, 0.15) is 6.04 Å². The lowest BCUT2D eigenvalue weighted by atomic mass is 9.66. The standard InChI is InChI=1S/C33H40N2O5S/c1-6-18-34(27-21(3)12-11-13-22(27)4)30(38)28-33-17-16-32(5,41-33)26(31(39)40-7-2)25(33)29(37)35(28)24(20-36)19-23-14-9-8-10-15-23/h6,8-15,24-26,28,36H,1,7,16-20H2,2-5H3/t24-,25+,26+,28?,32-,33?/m1/s1. The first kappa shape index (κ1) is 29.4. The van der Waals surface area contributed by atoms with Crippen molar-refractivity contribution < 1.29 is 24.2 Å². The van der Waals surface area contributed by atoms with Crippen molar-refractivity contribution in [3.05, 3.63) is 77.9 Å². The molecule has 8 heteroatoms. The van der Waals surface area contributed by atoms with Gasteiger partial charge in [0.15, 0.2) is 0 Å². The summed E-state index contributed by atoms with van der Waals surface area (Å²) in [6, 6.07) is 14.1. The van der Waals surface area contributed by atoms with Crippen molar-refractivity contribution >= 4 is 35.2 Å². The summed E-state index contributed by atoms with van der Waals surface area (Å²) in [6.07, 6.45) is 3.43. The molecule has 2 unspecified atom stereocenters. The molecule has 0 aliphatic carbocycles. The van der Waals surface area contributed by atoms with E-state index in [1.54, 1.807) is 34.6 Å². The van der Waals surface area contributed by atoms with E-state index in [-0.39, 0.29) is 37.5 Å². The van der Waals surface area contributed by atoms with Crippen LogP contribution in [0.4, 0.5) is 5.69 Å². The normalized spacial score (nSPS) is 28.9. The molecule has 218 valence electrons. The number of aryl methyl sites for hydroxylation is 2. The van der Waals surface area contributed by atoms with E-state index in [1.807, 2.05) is 69.3 Å². The molecule has 2 aromatic rings. The van der Waals surface area contributed by atoms with Gasteiger partial charge in [-0.25, -0.2) is 0 Å². The number of amides is 2. The van der Waals surface area contributed by atoms with Crippen LogP contribution in [0, 0.1) is 25.7 Å². The first-order chi connectivity index (χ1) is 19.6. The van der Waals surface area contributed by atoms with E-state index in [1.165, 1.54) is 0 Å². The topological polar surface area (TPSA) is 87.2 Å². The van der Waals surface area contributed by atoms with Crippen LogP contribution in [-0.2, 0) is 25.5 Å². The maximum absolute atomic E-state index is 15.0. The molecule has 2 amide bonds. The minimum atomic E-state index is -0.855. The van der Waals surface area contributed by atoms with Gasteiger partial charge in [0.25, 0.3) is 5.91 Å². The van der Waals surface area contributed by atoms with E-state index in [0.29, 0.717) is 19.3 Å². The van der Waals surface area contributed by atoms with Gasteiger partial charge >= 0.3 is 5.97 Å². The number of benzene rings is 2. The number of rotatable bonds is 10. The number of hydrogen-bond donors (Lipinski definition) is 1. The Morgan fingerprint density at radius 2 is 1.85 bits per heavy atom. The zero-order chi connectivity index (χ0) is 29.5. The van der Waals surface area contributed by atoms with Gasteiger partial charge in [-0.15, -0.1) is 18.3 Å². The van der Waals surface area contributed by atoms with E-state index in [2.05, 4.69) is 6.58 Å². The van der Waals surface area contributed by atoms with Crippen LogP contribution in [0.5, 0.6) is 0 Å². The second kappa shape index (κ2) is 11.3. The van der Waals surface area contributed by atoms with E-state index in [9.17, 15) is 19.5 Å². The first-order valence-electron chi connectivity index (χ1n) is 14.5. The van der Waals surface area contributed by atoms with Crippen LogP contribution >= 0.6 is 11.8 Å². The molecule has 0 aromatic heterocycles. The van der Waals surface area contributed by atoms with Gasteiger partial charge in [0, 0.05) is 17.0 Å². The summed E-state index contributed by atoms with van der Waals surface area (Å²) in [5.41, 5.74) is 3.67. The number of anilines is 1. The first-order valence-corrected chi connectivity index (χ1v) is 15.3. The molecule has 0 radical (unpaired) electrons. The third kappa shape index (κ3) is 4.69. The van der Waals surface area contributed by atoms with Crippen molar-refractivity contribution in [2.24, 2.45) is 11.8 Å². The summed E-state index contributed by atoms with van der Waals surface area (Å²) >= 11 is 1.61. The average molecular weight is 577 g/mol. The number of aliphatic hydroxyl groups excluding tert-OH is 1. The molecular formula is C33H40N2O5S. The highest BCUT2D eigenvalue weighted by Crippen LogP contribution is 2.72. The Kier molecular flexibility index (Phi) is 8.09. The van der Waals surface area contributed by atoms with Gasteiger partial charge in [0.2, 0.25) is 5.91 Å². The molecule has 2 bridgehead atoms. The summed E-state index contributed by atoms with van der Waals surface area (Å²) in [7, 11) is 0. The number of hydrogen-bond acceptors (Lipinski definition) is 6. The number of carbonyl (C=O) groups is 3. The van der Waals surface area contributed by atoms with Crippen molar-refractivity contribution in [3.8, 4) is 0 Å². The predicted octanol–water partition coefficient (Wildman–Crippen LogP) is 4.47. The van der Waals surface area contributed by atoms with E-state index < -0.39 is 33.4 Å². The number of ether oxygens (including phenoxy) is 1. The molecule has 3 aliphatic rings. The highest BCUT2D eigenvalue weighted by Gasteiger charge is 2.78. The third-order valence-electron chi connectivity index (χ3n) is 9.19. The fourth-order valence-corrected chi connectivity index (χ4v) is 9.89. The zero-order valence-electron chi connectivity index (χ0n) is 24.3. The van der Waals surface area contributed by atoms with E-state index in [0.717, 1.165) is 22.4 Å². The maximum Gasteiger partial charge on any atom is 0.311 e. The van der Waals surface area contributed by atoms with Gasteiger partial charge < -0.3 is 19.6 Å². The fraction of sp³-hybridized carbons (Fsp3) is 0.485. The SMILES string of the molecule is C=CCN(C(=O)C1N([C@@H](CO)Cc2ccccc2)C(=O)[C@@H]2[C@@H](C(=O)OCC)[C@@]3(C)CCC12S3)c1c(C)cccc1C. The van der Waals surface area contributed by atoms with Crippen LogP contribution in [0.15, 0.2) is 61.2 Å². The van der Waals surface area contributed by atoms with Gasteiger partial charge in [-0.1, -0.05) is 54.6 Å². The Labute approximate surface area is 246 Å². The number of aliphatic hydroxyl groups is 1. The third-order valence-corrected chi connectivity index (χ3v) is 11.2. The highest BCUT2D eigenvalue weighted by atomic mass is 32.2. The molecule has 0 saturated carbocycles. The fourth-order valence-electron chi connectivity index (χ4n) is 7.56. The van der Waals surface area contributed by atoms with Crippen LogP contribution in [0.1, 0.15) is 43.4 Å². The van der Waals surface area contributed by atoms with Crippen molar-refractivity contribution in [3.63, 3.8) is 0 Å². The van der Waals surface area contributed by atoms with E-state index >= 15 is 0 Å². The molecule has 3 aliphatic heterocycles. The van der Waals surface area contributed by atoms with Crippen molar-refractivity contribution in [2.45, 2.75) is 68.5 Å². The molecule has 41 heavy (non-hydrogen) atoms. The summed E-state index contributed by atoms with van der Waals surface area (Å²) < 4.78 is 4.20. The average Bonchev–Trinajstić information content (AvgIpc) is 3.52. The number of fused-ring (bicyclic) bond motifs is 1. The molecule has 6 atom stereocenters. The van der Waals surface area contributed by atoms with Crippen LogP contribution < -0.4 is 4.90 Å². The lowest BCUT2D eigenvalue weighted by Crippen LogP contribution is -2.58. The Hall–Kier alpha value is -3.10. The number of nitrogens with zero attached hydrogens (tertiary/aromatic N) is 2. The molecule has 5 rings (SSSR count). The van der Waals surface area contributed by atoms with Crippen molar-refractivity contribution in [2.75, 3.05) is 24.7 Å².